The van der Waals surface area contributed by atoms with E-state index >= 15 is 0 Å². The topological polar surface area (TPSA) is 50.5 Å². The third kappa shape index (κ3) is 2.20. The van der Waals surface area contributed by atoms with E-state index in [1.165, 1.54) is 11.3 Å². The molecule has 2 aromatic rings. The molecule has 0 fully saturated rings. The first-order valence-electron chi connectivity index (χ1n) is 9.59. The Morgan fingerprint density at radius 3 is 2.42 bits per heavy atom. The van der Waals surface area contributed by atoms with Crippen molar-refractivity contribution in [2.24, 2.45) is 0 Å². The number of benzene rings is 1. The van der Waals surface area contributed by atoms with E-state index in [4.69, 9.17) is 4.42 Å². The first-order chi connectivity index (χ1) is 12.2. The zero-order valence-corrected chi connectivity index (χ0v) is 16.4. The zero-order chi connectivity index (χ0) is 18.9. The average molecular weight is 353 g/mol. The van der Waals surface area contributed by atoms with Crippen LogP contribution in [0.4, 0.5) is 5.69 Å². The largest absolute Gasteiger partial charge is 0.422 e. The van der Waals surface area contributed by atoms with Crippen LogP contribution in [0.1, 0.15) is 74.5 Å². The Morgan fingerprint density at radius 2 is 1.81 bits per heavy atom. The van der Waals surface area contributed by atoms with Gasteiger partial charge in [-0.1, -0.05) is 34.6 Å². The van der Waals surface area contributed by atoms with Gasteiger partial charge in [0.15, 0.2) is 6.29 Å². The molecule has 0 aliphatic carbocycles. The summed E-state index contributed by atoms with van der Waals surface area (Å²) in [5.41, 5.74) is 4.88. The van der Waals surface area contributed by atoms with Crippen molar-refractivity contribution in [2.45, 2.75) is 64.7 Å². The van der Waals surface area contributed by atoms with Gasteiger partial charge in [0.25, 0.3) is 0 Å². The Balaban J connectivity index is 2.25. The lowest BCUT2D eigenvalue weighted by Gasteiger charge is -2.48. The molecule has 0 radical (unpaired) electrons. The molecule has 4 nitrogen and oxygen atoms in total. The van der Waals surface area contributed by atoms with Gasteiger partial charge in [-0.3, -0.25) is 4.79 Å². The molecule has 0 unspecified atom stereocenters. The lowest BCUT2D eigenvalue weighted by Crippen LogP contribution is -2.44. The van der Waals surface area contributed by atoms with Gasteiger partial charge in [-0.2, -0.15) is 0 Å². The fourth-order valence-electron chi connectivity index (χ4n) is 4.80. The standard InChI is InChI=1S/C22H27NO3/c1-6-13-14-11-16-18-17(19(14)26-20(25)15(13)12-24)22(4,5)8-10-23(18)9-7-21(16,2)3/h11-12H,6-10H2,1-5H3. The maximum absolute atomic E-state index is 12.5. The highest BCUT2D eigenvalue weighted by atomic mass is 16.4. The minimum atomic E-state index is -0.511. The monoisotopic (exact) mass is 353 g/mol. The van der Waals surface area contributed by atoms with Gasteiger partial charge in [-0.05, 0) is 47.3 Å². The second-order valence-corrected chi connectivity index (χ2v) is 9.03. The Kier molecular flexibility index (Phi) is 3.63. The van der Waals surface area contributed by atoms with Crippen molar-refractivity contribution in [2.75, 3.05) is 18.0 Å². The predicted octanol–water partition coefficient (Wildman–Crippen LogP) is 4.34. The number of anilines is 1. The van der Waals surface area contributed by atoms with E-state index in [0.29, 0.717) is 18.3 Å². The predicted molar refractivity (Wildman–Crippen MR) is 105 cm³/mol. The lowest BCUT2D eigenvalue weighted by molar-refractivity contribution is 0.111. The fraction of sp³-hybridized carbons (Fsp3) is 0.545. The maximum atomic E-state index is 12.5. The smallest absolute Gasteiger partial charge is 0.347 e. The van der Waals surface area contributed by atoms with Crippen LogP contribution in [0.3, 0.4) is 0 Å². The van der Waals surface area contributed by atoms with Crippen molar-refractivity contribution in [3.05, 3.63) is 38.7 Å². The summed E-state index contributed by atoms with van der Waals surface area (Å²) in [6.45, 7) is 13.1. The van der Waals surface area contributed by atoms with Gasteiger partial charge in [0.2, 0.25) is 0 Å². The van der Waals surface area contributed by atoms with Crippen LogP contribution in [0.2, 0.25) is 0 Å². The van der Waals surface area contributed by atoms with E-state index in [0.717, 1.165) is 42.4 Å². The summed E-state index contributed by atoms with van der Waals surface area (Å²) < 4.78 is 5.79. The van der Waals surface area contributed by atoms with Gasteiger partial charge in [0.1, 0.15) is 11.1 Å². The highest BCUT2D eigenvalue weighted by Crippen LogP contribution is 2.52. The number of aldehydes is 1. The molecule has 1 aromatic heterocycles. The third-order valence-corrected chi connectivity index (χ3v) is 6.52. The number of hydrogen-bond donors (Lipinski definition) is 0. The second kappa shape index (κ2) is 5.45. The van der Waals surface area contributed by atoms with Crippen LogP contribution in [-0.2, 0) is 17.3 Å². The molecule has 26 heavy (non-hydrogen) atoms. The molecule has 0 saturated carbocycles. The fourth-order valence-corrected chi connectivity index (χ4v) is 4.80. The molecule has 0 N–H and O–H groups in total. The maximum Gasteiger partial charge on any atom is 0.347 e. The summed E-state index contributed by atoms with van der Waals surface area (Å²) >= 11 is 0. The number of carbonyl (C=O) groups excluding carboxylic acids is 1. The number of nitrogens with zero attached hydrogens (tertiary/aromatic N) is 1. The normalized spacial score (nSPS) is 20.1. The van der Waals surface area contributed by atoms with Crippen molar-refractivity contribution in [1.82, 2.24) is 0 Å². The Morgan fingerprint density at radius 1 is 1.15 bits per heavy atom. The minimum Gasteiger partial charge on any atom is -0.422 e. The van der Waals surface area contributed by atoms with Crippen LogP contribution >= 0.6 is 0 Å². The van der Waals surface area contributed by atoms with Gasteiger partial charge in [0, 0.05) is 29.7 Å². The van der Waals surface area contributed by atoms with Crippen LogP contribution in [0, 0.1) is 0 Å². The number of fused-ring (bicyclic) bond motifs is 2. The van der Waals surface area contributed by atoms with Crippen LogP contribution in [-0.4, -0.2) is 19.4 Å². The SMILES string of the molecule is CCc1c(C=O)c(=O)oc2c3c4c(cc12)C(C)(C)CCN4CCC3(C)C. The van der Waals surface area contributed by atoms with E-state index in [9.17, 15) is 9.59 Å². The molecule has 0 bridgehead atoms. The van der Waals surface area contributed by atoms with E-state index in [1.807, 2.05) is 6.92 Å². The third-order valence-electron chi connectivity index (χ3n) is 6.52. The second-order valence-electron chi connectivity index (χ2n) is 9.03. The first-order valence-corrected chi connectivity index (χ1v) is 9.59. The van der Waals surface area contributed by atoms with Crippen molar-refractivity contribution in [3.63, 3.8) is 0 Å². The zero-order valence-electron chi connectivity index (χ0n) is 16.4. The molecule has 4 heteroatoms. The van der Waals surface area contributed by atoms with Crippen LogP contribution in [0.5, 0.6) is 0 Å². The molecule has 2 aliphatic heterocycles. The first kappa shape index (κ1) is 17.3. The molecule has 1 aromatic carbocycles. The van der Waals surface area contributed by atoms with E-state index in [-0.39, 0.29) is 16.4 Å². The molecule has 0 spiro atoms. The average Bonchev–Trinajstić information content (AvgIpc) is 2.58. The highest BCUT2D eigenvalue weighted by Gasteiger charge is 2.42. The van der Waals surface area contributed by atoms with Crippen molar-refractivity contribution >= 4 is 22.9 Å². The molecular formula is C22H27NO3. The quantitative estimate of drug-likeness (QED) is 0.595. The number of rotatable bonds is 2. The van der Waals surface area contributed by atoms with Crippen molar-refractivity contribution in [3.8, 4) is 0 Å². The van der Waals surface area contributed by atoms with E-state index < -0.39 is 5.63 Å². The summed E-state index contributed by atoms with van der Waals surface area (Å²) in [4.78, 5) is 26.5. The van der Waals surface area contributed by atoms with Gasteiger partial charge < -0.3 is 9.32 Å². The summed E-state index contributed by atoms with van der Waals surface area (Å²) in [5, 5.41) is 0.938. The summed E-state index contributed by atoms with van der Waals surface area (Å²) in [6, 6.07) is 2.19. The number of carbonyl (C=O) groups is 1. The van der Waals surface area contributed by atoms with Gasteiger partial charge in [-0.15, -0.1) is 0 Å². The number of aryl methyl sites for hydroxylation is 1. The molecule has 0 amide bonds. The molecule has 2 aliphatic rings. The van der Waals surface area contributed by atoms with Gasteiger partial charge in [-0.25, -0.2) is 4.79 Å². The van der Waals surface area contributed by atoms with E-state index in [2.05, 4.69) is 38.7 Å². The Labute approximate surface area is 154 Å². The lowest BCUT2D eigenvalue weighted by atomic mass is 9.69. The van der Waals surface area contributed by atoms with Gasteiger partial charge in [0.05, 0.1) is 0 Å². The molecular weight excluding hydrogens is 326 g/mol. The Hall–Kier alpha value is -2.10. The summed E-state index contributed by atoms with van der Waals surface area (Å²) in [7, 11) is 0. The van der Waals surface area contributed by atoms with Gasteiger partial charge >= 0.3 is 5.63 Å². The molecule has 138 valence electrons. The summed E-state index contributed by atoms with van der Waals surface area (Å²) in [6.07, 6.45) is 3.42. The molecule has 4 rings (SSSR count). The summed E-state index contributed by atoms with van der Waals surface area (Å²) in [5.74, 6) is 0. The number of hydrogen-bond acceptors (Lipinski definition) is 4. The van der Waals surface area contributed by atoms with Crippen molar-refractivity contribution in [1.29, 1.82) is 0 Å². The molecule has 3 heterocycles. The molecule has 0 atom stereocenters. The minimum absolute atomic E-state index is 0.0602. The van der Waals surface area contributed by atoms with Crippen molar-refractivity contribution < 1.29 is 9.21 Å². The van der Waals surface area contributed by atoms with E-state index in [1.54, 1.807) is 0 Å². The highest BCUT2D eigenvalue weighted by molar-refractivity contribution is 5.96. The van der Waals surface area contributed by atoms with Crippen LogP contribution in [0.15, 0.2) is 15.3 Å². The Bertz CT molecular complexity index is 979. The molecule has 0 saturated heterocycles. The van der Waals surface area contributed by atoms with Crippen LogP contribution < -0.4 is 10.5 Å². The van der Waals surface area contributed by atoms with Crippen LogP contribution in [0.25, 0.3) is 11.0 Å².